The van der Waals surface area contributed by atoms with Crippen LogP contribution in [0.1, 0.15) is 24.0 Å². The molecule has 2 aliphatic carbocycles. The Kier molecular flexibility index (Phi) is 2.02. The van der Waals surface area contributed by atoms with E-state index in [1.54, 1.807) is 5.57 Å². The predicted octanol–water partition coefficient (Wildman–Crippen LogP) is 4.43. The van der Waals surface area contributed by atoms with Gasteiger partial charge < -0.3 is 0 Å². The van der Waals surface area contributed by atoms with E-state index < -0.39 is 0 Å². The summed E-state index contributed by atoms with van der Waals surface area (Å²) in [4.78, 5) is 0. The molecule has 1 fully saturated rings. The van der Waals surface area contributed by atoms with Crippen LogP contribution in [-0.2, 0) is 5.41 Å². The molecule has 2 unspecified atom stereocenters. The Morgan fingerprint density at radius 3 is 2.17 bits per heavy atom. The quantitative estimate of drug-likeness (QED) is 0.718. The van der Waals surface area contributed by atoms with Crippen LogP contribution in [0, 0.1) is 5.92 Å². The van der Waals surface area contributed by atoms with Crippen molar-refractivity contribution in [3.05, 3.63) is 77.9 Å². The lowest BCUT2D eigenvalue weighted by atomic mass is 9.85. The molecule has 0 saturated heterocycles. The van der Waals surface area contributed by atoms with Crippen LogP contribution >= 0.6 is 0 Å². The number of allylic oxidation sites excluding steroid dienone is 2. The van der Waals surface area contributed by atoms with Crippen LogP contribution in [0.25, 0.3) is 5.57 Å². The molecule has 2 aliphatic rings. The molecule has 0 aromatic heterocycles. The van der Waals surface area contributed by atoms with E-state index in [0.29, 0.717) is 5.41 Å². The summed E-state index contributed by atoms with van der Waals surface area (Å²) in [5, 5.41) is 0. The summed E-state index contributed by atoms with van der Waals surface area (Å²) >= 11 is 0. The van der Waals surface area contributed by atoms with Gasteiger partial charge in [0.2, 0.25) is 0 Å². The average Bonchev–Trinajstić information content (AvgIpc) is 3.07. The molecule has 0 nitrogen and oxygen atoms in total. The molecule has 2 atom stereocenters. The smallest absolute Gasteiger partial charge is 0.0240 e. The van der Waals surface area contributed by atoms with Gasteiger partial charge in [0.15, 0.2) is 0 Å². The van der Waals surface area contributed by atoms with Crippen LogP contribution < -0.4 is 0 Å². The Hall–Kier alpha value is -1.82. The van der Waals surface area contributed by atoms with Crippen molar-refractivity contribution in [1.82, 2.24) is 0 Å². The number of hydrogen-bond donors (Lipinski definition) is 0. The predicted molar refractivity (Wildman–Crippen MR) is 75.3 cm³/mol. The normalized spacial score (nSPS) is 28.7. The minimum atomic E-state index is 0.336. The van der Waals surface area contributed by atoms with Crippen molar-refractivity contribution in [2.75, 3.05) is 0 Å². The molecule has 0 heterocycles. The maximum absolute atomic E-state index is 2.45. The molecular formula is C18H16. The molecule has 0 amide bonds. The Morgan fingerprint density at radius 2 is 1.50 bits per heavy atom. The third-order valence-corrected chi connectivity index (χ3v) is 4.57. The first-order valence-corrected chi connectivity index (χ1v) is 6.73. The monoisotopic (exact) mass is 232 g/mol. The highest BCUT2D eigenvalue weighted by molar-refractivity contribution is 5.81. The van der Waals surface area contributed by atoms with Crippen LogP contribution in [0.4, 0.5) is 0 Å². The molecule has 88 valence electrons. The number of rotatable bonds is 2. The van der Waals surface area contributed by atoms with Gasteiger partial charge in [-0.2, -0.15) is 0 Å². The van der Waals surface area contributed by atoms with Crippen LogP contribution in [0.2, 0.25) is 0 Å². The molecule has 0 radical (unpaired) electrons. The van der Waals surface area contributed by atoms with E-state index >= 15 is 0 Å². The van der Waals surface area contributed by atoms with Crippen LogP contribution in [-0.4, -0.2) is 0 Å². The summed E-state index contributed by atoms with van der Waals surface area (Å²) in [7, 11) is 0. The SMILES string of the molecule is C1=C(c2ccccc2)C2(c3ccccc3)CC2C1. The van der Waals surface area contributed by atoms with Crippen LogP contribution in [0.15, 0.2) is 66.7 Å². The summed E-state index contributed by atoms with van der Waals surface area (Å²) in [6.45, 7) is 0. The Balaban J connectivity index is 1.82. The number of benzene rings is 2. The van der Waals surface area contributed by atoms with E-state index in [0.717, 1.165) is 5.92 Å². The summed E-state index contributed by atoms with van der Waals surface area (Å²) in [5.41, 5.74) is 4.80. The van der Waals surface area contributed by atoms with E-state index in [1.807, 2.05) is 0 Å². The Labute approximate surface area is 108 Å². The minimum Gasteiger partial charge on any atom is -0.0795 e. The lowest BCUT2D eigenvalue weighted by Gasteiger charge is -2.19. The zero-order valence-corrected chi connectivity index (χ0v) is 10.3. The first-order valence-electron chi connectivity index (χ1n) is 6.73. The zero-order chi connectivity index (χ0) is 12.0. The van der Waals surface area contributed by atoms with Gasteiger partial charge in [0, 0.05) is 5.41 Å². The Morgan fingerprint density at radius 1 is 0.833 bits per heavy atom. The topological polar surface area (TPSA) is 0 Å². The van der Waals surface area contributed by atoms with Gasteiger partial charge in [-0.05, 0) is 35.5 Å². The molecule has 2 aromatic carbocycles. The fraction of sp³-hybridized carbons (Fsp3) is 0.222. The van der Waals surface area contributed by atoms with E-state index in [-0.39, 0.29) is 0 Å². The third-order valence-electron chi connectivity index (χ3n) is 4.57. The molecule has 0 aliphatic heterocycles. The van der Waals surface area contributed by atoms with E-state index in [4.69, 9.17) is 0 Å². The molecule has 1 saturated carbocycles. The lowest BCUT2D eigenvalue weighted by molar-refractivity contribution is 0.784. The maximum Gasteiger partial charge on any atom is 0.0240 e. The van der Waals surface area contributed by atoms with Gasteiger partial charge in [0.05, 0.1) is 0 Å². The molecule has 0 spiro atoms. The number of hydrogen-bond acceptors (Lipinski definition) is 0. The molecular weight excluding hydrogens is 216 g/mol. The largest absolute Gasteiger partial charge is 0.0795 e. The van der Waals surface area contributed by atoms with Gasteiger partial charge >= 0.3 is 0 Å². The van der Waals surface area contributed by atoms with Crippen molar-refractivity contribution in [3.8, 4) is 0 Å². The fourth-order valence-corrected chi connectivity index (χ4v) is 3.62. The average molecular weight is 232 g/mol. The molecule has 2 aromatic rings. The standard InChI is InChI=1S/C18H16/c1-3-7-14(8-4-1)17-12-11-16-13-18(16,17)15-9-5-2-6-10-15/h1-10,12,16H,11,13H2. The minimum absolute atomic E-state index is 0.336. The molecule has 0 bridgehead atoms. The van der Waals surface area contributed by atoms with Crippen molar-refractivity contribution in [1.29, 1.82) is 0 Å². The van der Waals surface area contributed by atoms with Crippen LogP contribution in [0.5, 0.6) is 0 Å². The van der Waals surface area contributed by atoms with Gasteiger partial charge in [0.25, 0.3) is 0 Å². The van der Waals surface area contributed by atoms with Crippen LogP contribution in [0.3, 0.4) is 0 Å². The first-order chi connectivity index (χ1) is 8.91. The van der Waals surface area contributed by atoms with Crippen molar-refractivity contribution in [2.45, 2.75) is 18.3 Å². The summed E-state index contributed by atoms with van der Waals surface area (Å²) in [5.74, 6) is 0.843. The van der Waals surface area contributed by atoms with Crippen molar-refractivity contribution in [2.24, 2.45) is 5.92 Å². The van der Waals surface area contributed by atoms with Crippen molar-refractivity contribution >= 4 is 5.57 Å². The van der Waals surface area contributed by atoms with Crippen molar-refractivity contribution in [3.63, 3.8) is 0 Å². The first kappa shape index (κ1) is 10.1. The fourth-order valence-electron chi connectivity index (χ4n) is 3.62. The van der Waals surface area contributed by atoms with Crippen molar-refractivity contribution < 1.29 is 0 Å². The maximum atomic E-state index is 2.45. The summed E-state index contributed by atoms with van der Waals surface area (Å²) < 4.78 is 0. The highest BCUT2D eigenvalue weighted by Gasteiger charge is 2.59. The molecule has 4 rings (SSSR count). The molecule has 18 heavy (non-hydrogen) atoms. The lowest BCUT2D eigenvalue weighted by Crippen LogP contribution is -2.09. The van der Waals surface area contributed by atoms with Gasteiger partial charge in [0.1, 0.15) is 0 Å². The second-order valence-electron chi connectivity index (χ2n) is 5.46. The van der Waals surface area contributed by atoms with E-state index in [2.05, 4.69) is 66.7 Å². The molecule has 0 N–H and O–H groups in total. The van der Waals surface area contributed by atoms with Gasteiger partial charge in [-0.15, -0.1) is 0 Å². The molecule has 0 heteroatoms. The van der Waals surface area contributed by atoms with Gasteiger partial charge in [-0.3, -0.25) is 0 Å². The Bertz CT molecular complexity index is 594. The van der Waals surface area contributed by atoms with Gasteiger partial charge in [-0.1, -0.05) is 66.7 Å². The highest BCUT2D eigenvalue weighted by Crippen LogP contribution is 2.67. The highest BCUT2D eigenvalue weighted by atomic mass is 14.6. The second-order valence-corrected chi connectivity index (χ2v) is 5.46. The second kappa shape index (κ2) is 3.58. The number of fused-ring (bicyclic) bond motifs is 1. The zero-order valence-electron chi connectivity index (χ0n) is 10.3. The summed E-state index contributed by atoms with van der Waals surface area (Å²) in [6.07, 6.45) is 5.04. The van der Waals surface area contributed by atoms with E-state index in [9.17, 15) is 0 Å². The third kappa shape index (κ3) is 1.26. The van der Waals surface area contributed by atoms with Gasteiger partial charge in [-0.25, -0.2) is 0 Å². The summed E-state index contributed by atoms with van der Waals surface area (Å²) in [6, 6.07) is 21.9. The van der Waals surface area contributed by atoms with E-state index in [1.165, 1.54) is 24.0 Å².